The molecule has 7 heteroatoms. The van der Waals surface area contributed by atoms with Gasteiger partial charge in [-0.2, -0.15) is 0 Å². The van der Waals surface area contributed by atoms with Crippen LogP contribution in [0.3, 0.4) is 0 Å². The number of nitrogens with one attached hydrogen (secondary N) is 2. The molecule has 1 aliphatic rings. The summed E-state index contributed by atoms with van der Waals surface area (Å²) in [5.74, 6) is -0.677. The third kappa shape index (κ3) is 3.28. The number of nitrogens with zero attached hydrogens (tertiary/aromatic N) is 2. The molecule has 0 unspecified atom stereocenters. The lowest BCUT2D eigenvalue weighted by molar-refractivity contribution is 0.0507. The van der Waals surface area contributed by atoms with E-state index in [4.69, 9.17) is 0 Å². The Labute approximate surface area is 151 Å². The van der Waals surface area contributed by atoms with Crippen LogP contribution in [0.4, 0.5) is 16.2 Å². The SMILES string of the molecule is Cc1ccc(NC(=O)Nc2ccc3c(c2)C(=O)N(C(C)(C)C)C3=O)cn1. The first-order valence-electron chi connectivity index (χ1n) is 8.20. The summed E-state index contributed by atoms with van der Waals surface area (Å²) in [6, 6.07) is 7.76. The van der Waals surface area contributed by atoms with Gasteiger partial charge in [-0.3, -0.25) is 19.5 Å². The molecule has 0 atom stereocenters. The van der Waals surface area contributed by atoms with E-state index in [2.05, 4.69) is 15.6 Å². The molecule has 1 aliphatic heterocycles. The van der Waals surface area contributed by atoms with Crippen molar-refractivity contribution in [2.75, 3.05) is 10.6 Å². The number of hydrogen-bond acceptors (Lipinski definition) is 4. The normalized spacial score (nSPS) is 13.6. The first-order valence-corrected chi connectivity index (χ1v) is 8.20. The lowest BCUT2D eigenvalue weighted by atomic mass is 10.1. The zero-order valence-electron chi connectivity index (χ0n) is 15.1. The summed E-state index contributed by atoms with van der Waals surface area (Å²) in [6.07, 6.45) is 1.56. The van der Waals surface area contributed by atoms with Crippen molar-refractivity contribution in [1.29, 1.82) is 0 Å². The smallest absolute Gasteiger partial charge is 0.308 e. The van der Waals surface area contributed by atoms with Gasteiger partial charge in [-0.15, -0.1) is 0 Å². The van der Waals surface area contributed by atoms with Gasteiger partial charge in [-0.05, 0) is 58.0 Å². The van der Waals surface area contributed by atoms with E-state index in [1.807, 2.05) is 6.92 Å². The van der Waals surface area contributed by atoms with Crippen molar-refractivity contribution in [2.45, 2.75) is 33.2 Å². The van der Waals surface area contributed by atoms with Gasteiger partial charge in [-0.1, -0.05) is 0 Å². The second-order valence-corrected chi connectivity index (χ2v) is 7.14. The Morgan fingerprint density at radius 3 is 2.19 bits per heavy atom. The van der Waals surface area contributed by atoms with Crippen molar-refractivity contribution in [3.63, 3.8) is 0 Å². The summed E-state index contributed by atoms with van der Waals surface area (Å²) in [6.45, 7) is 7.26. The molecule has 1 aromatic heterocycles. The highest BCUT2D eigenvalue weighted by Gasteiger charge is 2.41. The summed E-state index contributed by atoms with van der Waals surface area (Å²) in [7, 11) is 0. The first-order chi connectivity index (χ1) is 12.2. The molecule has 0 fully saturated rings. The van der Waals surface area contributed by atoms with Gasteiger partial charge in [0.05, 0.1) is 23.0 Å². The summed E-state index contributed by atoms with van der Waals surface area (Å²) in [4.78, 5) is 42.5. The number of aryl methyl sites for hydroxylation is 1. The molecular weight excluding hydrogens is 332 g/mol. The van der Waals surface area contributed by atoms with Crippen LogP contribution < -0.4 is 10.6 Å². The van der Waals surface area contributed by atoms with Crippen molar-refractivity contribution in [1.82, 2.24) is 9.88 Å². The molecule has 1 aromatic carbocycles. The molecule has 134 valence electrons. The maximum Gasteiger partial charge on any atom is 0.323 e. The predicted octanol–water partition coefficient (Wildman–Crippen LogP) is 3.43. The van der Waals surface area contributed by atoms with E-state index in [1.54, 1.807) is 51.2 Å². The van der Waals surface area contributed by atoms with Crippen LogP contribution in [0.5, 0.6) is 0 Å². The highest BCUT2D eigenvalue weighted by atomic mass is 16.2. The fourth-order valence-corrected chi connectivity index (χ4v) is 2.76. The highest BCUT2D eigenvalue weighted by Crippen LogP contribution is 2.30. The Morgan fingerprint density at radius 2 is 1.58 bits per heavy atom. The number of aromatic nitrogens is 1. The first kappa shape index (κ1) is 17.6. The van der Waals surface area contributed by atoms with Crippen molar-refractivity contribution in [2.24, 2.45) is 0 Å². The molecular formula is C19H20N4O3. The Hall–Kier alpha value is -3.22. The van der Waals surface area contributed by atoms with Crippen LogP contribution in [-0.4, -0.2) is 33.3 Å². The summed E-state index contributed by atoms with van der Waals surface area (Å²) in [5, 5.41) is 5.33. The van der Waals surface area contributed by atoms with Gasteiger partial charge in [-0.25, -0.2) is 4.79 Å². The Bertz CT molecular complexity index is 898. The molecule has 2 N–H and O–H groups in total. The molecule has 0 spiro atoms. The molecule has 0 saturated heterocycles. The van der Waals surface area contributed by atoms with Gasteiger partial charge in [0.15, 0.2) is 0 Å². The summed E-state index contributed by atoms with van der Waals surface area (Å²) < 4.78 is 0. The van der Waals surface area contributed by atoms with Crippen LogP contribution in [0, 0.1) is 6.92 Å². The Balaban J connectivity index is 1.77. The van der Waals surface area contributed by atoms with E-state index in [0.29, 0.717) is 22.5 Å². The molecule has 2 aromatic rings. The van der Waals surface area contributed by atoms with E-state index >= 15 is 0 Å². The van der Waals surface area contributed by atoms with Crippen molar-refractivity contribution >= 4 is 29.2 Å². The average Bonchev–Trinajstić information content (AvgIpc) is 2.80. The zero-order chi connectivity index (χ0) is 19.1. The number of imide groups is 1. The van der Waals surface area contributed by atoms with Crippen LogP contribution in [0.25, 0.3) is 0 Å². The van der Waals surface area contributed by atoms with Crippen molar-refractivity contribution in [3.8, 4) is 0 Å². The number of carbonyl (C=O) groups excluding carboxylic acids is 3. The van der Waals surface area contributed by atoms with E-state index in [1.165, 1.54) is 11.0 Å². The molecule has 2 heterocycles. The van der Waals surface area contributed by atoms with Crippen LogP contribution in [0.1, 0.15) is 47.2 Å². The lowest BCUT2D eigenvalue weighted by Crippen LogP contribution is -2.45. The molecule has 0 saturated carbocycles. The molecule has 0 radical (unpaired) electrons. The van der Waals surface area contributed by atoms with Crippen molar-refractivity contribution in [3.05, 3.63) is 53.3 Å². The Morgan fingerprint density at radius 1 is 0.962 bits per heavy atom. The van der Waals surface area contributed by atoms with Crippen LogP contribution in [0.2, 0.25) is 0 Å². The Kier molecular flexibility index (Phi) is 4.23. The van der Waals surface area contributed by atoms with E-state index in [0.717, 1.165) is 5.69 Å². The number of pyridine rings is 1. The van der Waals surface area contributed by atoms with Crippen LogP contribution in [0.15, 0.2) is 36.5 Å². The minimum atomic E-state index is -0.614. The number of urea groups is 1. The number of hydrogen-bond donors (Lipinski definition) is 2. The maximum absolute atomic E-state index is 12.6. The van der Waals surface area contributed by atoms with Gasteiger partial charge in [0.2, 0.25) is 0 Å². The fourth-order valence-electron chi connectivity index (χ4n) is 2.76. The number of benzene rings is 1. The van der Waals surface area contributed by atoms with Crippen molar-refractivity contribution < 1.29 is 14.4 Å². The summed E-state index contributed by atoms with van der Waals surface area (Å²) >= 11 is 0. The predicted molar refractivity (Wildman–Crippen MR) is 98.3 cm³/mol. The van der Waals surface area contributed by atoms with E-state index < -0.39 is 11.6 Å². The maximum atomic E-state index is 12.6. The zero-order valence-corrected chi connectivity index (χ0v) is 15.1. The number of anilines is 2. The highest BCUT2D eigenvalue weighted by molar-refractivity contribution is 6.22. The minimum Gasteiger partial charge on any atom is -0.308 e. The minimum absolute atomic E-state index is 0.291. The standard InChI is InChI=1S/C19H20N4O3/c1-11-5-6-13(10-20-11)22-18(26)21-12-7-8-14-15(9-12)17(25)23(16(14)24)19(2,3)4/h5-10H,1-4H3,(H2,21,22,26). The van der Waals surface area contributed by atoms with Gasteiger partial charge < -0.3 is 10.6 Å². The largest absolute Gasteiger partial charge is 0.323 e. The monoisotopic (exact) mass is 352 g/mol. The third-order valence-corrected chi connectivity index (χ3v) is 3.98. The molecule has 4 amide bonds. The number of carbonyl (C=O) groups is 3. The summed E-state index contributed by atoms with van der Waals surface area (Å²) in [5.41, 5.74) is 1.86. The third-order valence-electron chi connectivity index (χ3n) is 3.98. The average molecular weight is 352 g/mol. The molecule has 0 aliphatic carbocycles. The quantitative estimate of drug-likeness (QED) is 0.810. The topological polar surface area (TPSA) is 91.4 Å². The van der Waals surface area contributed by atoms with Crippen LogP contribution in [-0.2, 0) is 0 Å². The second-order valence-electron chi connectivity index (χ2n) is 7.14. The second kappa shape index (κ2) is 6.25. The van der Waals surface area contributed by atoms with Crippen LogP contribution >= 0.6 is 0 Å². The number of rotatable bonds is 2. The number of amides is 4. The van der Waals surface area contributed by atoms with Gasteiger partial charge in [0, 0.05) is 16.9 Å². The van der Waals surface area contributed by atoms with Gasteiger partial charge in [0.1, 0.15) is 0 Å². The molecule has 0 bridgehead atoms. The molecule has 7 nitrogen and oxygen atoms in total. The molecule has 26 heavy (non-hydrogen) atoms. The van der Waals surface area contributed by atoms with Gasteiger partial charge >= 0.3 is 6.03 Å². The fraction of sp³-hybridized carbons (Fsp3) is 0.263. The molecule has 3 rings (SSSR count). The number of fused-ring (bicyclic) bond motifs is 1. The van der Waals surface area contributed by atoms with E-state index in [-0.39, 0.29) is 11.8 Å². The van der Waals surface area contributed by atoms with Gasteiger partial charge in [0.25, 0.3) is 11.8 Å². The lowest BCUT2D eigenvalue weighted by Gasteiger charge is -2.29. The van der Waals surface area contributed by atoms with E-state index in [9.17, 15) is 14.4 Å².